The lowest BCUT2D eigenvalue weighted by Crippen LogP contribution is -2.40. The molecular formula is C18H22N4O2. The number of likely N-dealkylation sites (tertiary alicyclic amines) is 1. The van der Waals surface area contributed by atoms with Crippen molar-refractivity contribution in [3.05, 3.63) is 58.1 Å². The molecule has 2 aromatic rings. The van der Waals surface area contributed by atoms with Gasteiger partial charge in [0.25, 0.3) is 5.91 Å². The van der Waals surface area contributed by atoms with Gasteiger partial charge in [-0.2, -0.15) is 0 Å². The van der Waals surface area contributed by atoms with Crippen LogP contribution < -0.4 is 10.5 Å². The van der Waals surface area contributed by atoms with Gasteiger partial charge in [-0.05, 0) is 36.6 Å². The van der Waals surface area contributed by atoms with Crippen LogP contribution in [0.5, 0.6) is 0 Å². The van der Waals surface area contributed by atoms with Crippen molar-refractivity contribution < 1.29 is 4.79 Å². The van der Waals surface area contributed by atoms with Gasteiger partial charge in [-0.3, -0.25) is 9.59 Å². The average molecular weight is 326 g/mol. The van der Waals surface area contributed by atoms with Gasteiger partial charge in [-0.1, -0.05) is 6.07 Å². The van der Waals surface area contributed by atoms with Gasteiger partial charge in [-0.15, -0.1) is 0 Å². The van der Waals surface area contributed by atoms with Gasteiger partial charge < -0.3 is 14.8 Å². The molecule has 6 nitrogen and oxygen atoms in total. The molecule has 1 atom stereocenters. The predicted molar refractivity (Wildman–Crippen MR) is 93.5 cm³/mol. The number of carbonyl (C=O) groups is 1. The summed E-state index contributed by atoms with van der Waals surface area (Å²) >= 11 is 0. The molecule has 2 aromatic heterocycles. The van der Waals surface area contributed by atoms with Crippen LogP contribution in [0, 0.1) is 0 Å². The van der Waals surface area contributed by atoms with Crippen LogP contribution in [0.15, 0.2) is 41.3 Å². The SMILES string of the molecule is CN(C)c1cc([C@H]2CCCN(C(=O)c3cccc(=O)[nH]3)C2)ccn1. The van der Waals surface area contributed by atoms with Crippen molar-refractivity contribution >= 4 is 11.7 Å². The molecule has 0 radical (unpaired) electrons. The summed E-state index contributed by atoms with van der Waals surface area (Å²) in [6.45, 7) is 1.38. The summed E-state index contributed by atoms with van der Waals surface area (Å²) in [5.74, 6) is 1.10. The average Bonchev–Trinajstić information content (AvgIpc) is 2.61. The van der Waals surface area contributed by atoms with Crippen molar-refractivity contribution in [1.82, 2.24) is 14.9 Å². The first kappa shape index (κ1) is 16.2. The minimum atomic E-state index is -0.251. The van der Waals surface area contributed by atoms with Crippen molar-refractivity contribution in [3.8, 4) is 0 Å². The number of nitrogens with one attached hydrogen (secondary N) is 1. The molecule has 1 aliphatic rings. The lowest BCUT2D eigenvalue weighted by Gasteiger charge is -2.33. The first-order valence-electron chi connectivity index (χ1n) is 8.16. The highest BCUT2D eigenvalue weighted by molar-refractivity contribution is 5.92. The minimum absolute atomic E-state index is 0.112. The van der Waals surface area contributed by atoms with Crippen molar-refractivity contribution in [1.29, 1.82) is 0 Å². The molecule has 0 bridgehead atoms. The number of H-pyrrole nitrogens is 1. The van der Waals surface area contributed by atoms with Crippen LogP contribution in [-0.2, 0) is 0 Å². The Morgan fingerprint density at radius 2 is 2.17 bits per heavy atom. The van der Waals surface area contributed by atoms with E-state index in [4.69, 9.17) is 0 Å². The monoisotopic (exact) mass is 326 g/mol. The fraction of sp³-hybridized carbons (Fsp3) is 0.389. The molecule has 0 unspecified atom stereocenters. The van der Waals surface area contributed by atoms with Gasteiger partial charge in [-0.25, -0.2) is 4.98 Å². The summed E-state index contributed by atoms with van der Waals surface area (Å²) in [5.41, 5.74) is 1.30. The van der Waals surface area contributed by atoms with Crippen LogP contribution in [0.25, 0.3) is 0 Å². The third kappa shape index (κ3) is 3.48. The minimum Gasteiger partial charge on any atom is -0.363 e. The topological polar surface area (TPSA) is 69.3 Å². The Kier molecular flexibility index (Phi) is 4.64. The Morgan fingerprint density at radius 3 is 2.92 bits per heavy atom. The number of hydrogen-bond donors (Lipinski definition) is 1. The second-order valence-electron chi connectivity index (χ2n) is 6.36. The highest BCUT2D eigenvalue weighted by Gasteiger charge is 2.26. The summed E-state index contributed by atoms with van der Waals surface area (Å²) < 4.78 is 0. The van der Waals surface area contributed by atoms with Gasteiger partial charge >= 0.3 is 0 Å². The molecular weight excluding hydrogens is 304 g/mol. The van der Waals surface area contributed by atoms with Gasteiger partial charge in [0.2, 0.25) is 5.56 Å². The molecule has 1 fully saturated rings. The van der Waals surface area contributed by atoms with Crippen LogP contribution in [0.1, 0.15) is 34.8 Å². The number of nitrogens with zero attached hydrogens (tertiary/aromatic N) is 3. The first-order valence-corrected chi connectivity index (χ1v) is 8.16. The van der Waals surface area contributed by atoms with E-state index in [1.54, 1.807) is 12.1 Å². The van der Waals surface area contributed by atoms with Gasteiger partial charge in [0.15, 0.2) is 0 Å². The summed E-state index contributed by atoms with van der Waals surface area (Å²) in [5, 5.41) is 0. The van der Waals surface area contributed by atoms with Crippen LogP contribution in [0.2, 0.25) is 0 Å². The summed E-state index contributed by atoms with van der Waals surface area (Å²) in [6, 6.07) is 8.79. The summed E-state index contributed by atoms with van der Waals surface area (Å²) in [6.07, 6.45) is 3.82. The molecule has 1 aliphatic heterocycles. The Hall–Kier alpha value is -2.63. The molecule has 6 heteroatoms. The third-order valence-electron chi connectivity index (χ3n) is 4.41. The maximum absolute atomic E-state index is 12.6. The van der Waals surface area contributed by atoms with Crippen molar-refractivity contribution in [2.45, 2.75) is 18.8 Å². The normalized spacial score (nSPS) is 17.6. The van der Waals surface area contributed by atoms with Crippen molar-refractivity contribution in [3.63, 3.8) is 0 Å². The molecule has 24 heavy (non-hydrogen) atoms. The highest BCUT2D eigenvalue weighted by Crippen LogP contribution is 2.28. The number of anilines is 1. The van der Waals surface area contributed by atoms with E-state index in [0.29, 0.717) is 18.2 Å². The van der Waals surface area contributed by atoms with E-state index in [2.05, 4.69) is 16.0 Å². The molecule has 1 N–H and O–H groups in total. The largest absolute Gasteiger partial charge is 0.363 e. The molecule has 1 amide bonds. The van der Waals surface area contributed by atoms with Crippen molar-refractivity contribution in [2.75, 3.05) is 32.1 Å². The Morgan fingerprint density at radius 1 is 1.33 bits per heavy atom. The predicted octanol–water partition coefficient (Wildman–Crippen LogP) is 1.86. The van der Waals surface area contributed by atoms with Gasteiger partial charge in [0.1, 0.15) is 11.5 Å². The van der Waals surface area contributed by atoms with E-state index >= 15 is 0 Å². The van der Waals surface area contributed by atoms with E-state index in [1.807, 2.05) is 36.2 Å². The molecule has 3 rings (SSSR count). The molecule has 3 heterocycles. The van der Waals surface area contributed by atoms with E-state index in [1.165, 1.54) is 11.6 Å². The quantitative estimate of drug-likeness (QED) is 0.935. The zero-order valence-electron chi connectivity index (χ0n) is 14.0. The lowest BCUT2D eigenvalue weighted by molar-refractivity contribution is 0.0701. The number of rotatable bonds is 3. The fourth-order valence-corrected chi connectivity index (χ4v) is 3.11. The third-order valence-corrected chi connectivity index (χ3v) is 4.41. The number of aromatic nitrogens is 2. The standard InChI is InChI=1S/C18H22N4O2/c1-21(2)16-11-13(8-9-19-16)14-5-4-10-22(12-14)18(24)15-6-3-7-17(23)20-15/h3,6-9,11,14H,4-5,10,12H2,1-2H3,(H,20,23)/t14-/m0/s1. The second-order valence-corrected chi connectivity index (χ2v) is 6.36. The molecule has 126 valence electrons. The van der Waals surface area contributed by atoms with Crippen molar-refractivity contribution in [2.24, 2.45) is 0 Å². The van der Waals surface area contributed by atoms with E-state index in [-0.39, 0.29) is 11.5 Å². The Bertz CT molecular complexity index is 784. The van der Waals surface area contributed by atoms with E-state index in [9.17, 15) is 9.59 Å². The Labute approximate surface area is 141 Å². The fourth-order valence-electron chi connectivity index (χ4n) is 3.11. The number of hydrogen-bond acceptors (Lipinski definition) is 4. The maximum Gasteiger partial charge on any atom is 0.270 e. The zero-order valence-corrected chi connectivity index (χ0v) is 14.0. The number of amides is 1. The number of pyridine rings is 2. The van der Waals surface area contributed by atoms with Crippen LogP contribution in [0.3, 0.4) is 0 Å². The second kappa shape index (κ2) is 6.86. The summed E-state index contributed by atoms with van der Waals surface area (Å²) in [4.78, 5) is 34.8. The summed E-state index contributed by atoms with van der Waals surface area (Å²) in [7, 11) is 3.93. The zero-order chi connectivity index (χ0) is 17.1. The number of piperidine rings is 1. The van der Waals surface area contributed by atoms with Gasteiger partial charge in [0, 0.05) is 45.4 Å². The van der Waals surface area contributed by atoms with Gasteiger partial charge in [0.05, 0.1) is 0 Å². The number of aromatic amines is 1. The molecule has 0 spiro atoms. The Balaban J connectivity index is 1.78. The van der Waals surface area contributed by atoms with Crippen LogP contribution in [0.4, 0.5) is 5.82 Å². The van der Waals surface area contributed by atoms with Crippen LogP contribution >= 0.6 is 0 Å². The molecule has 1 saturated heterocycles. The first-order chi connectivity index (χ1) is 11.5. The van der Waals surface area contributed by atoms with Crippen LogP contribution in [-0.4, -0.2) is 48.0 Å². The molecule has 0 saturated carbocycles. The smallest absolute Gasteiger partial charge is 0.270 e. The number of carbonyl (C=O) groups excluding carboxylic acids is 1. The lowest BCUT2D eigenvalue weighted by atomic mass is 9.91. The molecule has 0 aromatic carbocycles. The molecule has 0 aliphatic carbocycles. The maximum atomic E-state index is 12.6. The highest BCUT2D eigenvalue weighted by atomic mass is 16.2. The van der Waals surface area contributed by atoms with E-state index in [0.717, 1.165) is 25.2 Å². The van der Waals surface area contributed by atoms with E-state index < -0.39 is 0 Å².